The first-order chi connectivity index (χ1) is 10.5. The van der Waals surface area contributed by atoms with E-state index in [1.165, 1.54) is 49.9 Å². The molecule has 0 aliphatic heterocycles. The number of thioether (sulfide) groups is 2. The van der Waals surface area contributed by atoms with Crippen molar-refractivity contribution in [3.8, 4) is 12.1 Å². The van der Waals surface area contributed by atoms with E-state index in [1.54, 1.807) is 0 Å². The zero-order valence-corrected chi connectivity index (χ0v) is 13.5. The van der Waals surface area contributed by atoms with Crippen LogP contribution in [0, 0.1) is 22.7 Å². The van der Waals surface area contributed by atoms with Gasteiger partial charge in [0, 0.05) is 9.79 Å². The summed E-state index contributed by atoms with van der Waals surface area (Å²) >= 11 is 2.36. The average molecular weight is 336 g/mol. The van der Waals surface area contributed by atoms with E-state index in [0.717, 1.165) is 0 Å². The molecule has 0 aliphatic carbocycles. The molecule has 1 aromatic carbocycles. The summed E-state index contributed by atoms with van der Waals surface area (Å²) in [6, 6.07) is 6.94. The van der Waals surface area contributed by atoms with Gasteiger partial charge in [0.25, 0.3) is 0 Å². The van der Waals surface area contributed by atoms with Crippen LogP contribution < -0.4 is 0 Å². The lowest BCUT2D eigenvalue weighted by atomic mass is 10.1. The third-order valence-corrected chi connectivity index (χ3v) is 4.66. The molecule has 0 heterocycles. The molecule has 0 spiro atoms. The number of hydrogen-bond donors (Lipinski definition) is 0. The number of carbonyl (C=O) groups excluding carboxylic acids is 2. The molecule has 0 atom stereocenters. The molecule has 0 amide bonds. The van der Waals surface area contributed by atoms with Gasteiger partial charge in [0.2, 0.25) is 0 Å². The van der Waals surface area contributed by atoms with Gasteiger partial charge in [-0.15, -0.1) is 23.5 Å². The van der Waals surface area contributed by atoms with Crippen LogP contribution in [0.1, 0.15) is 11.1 Å². The number of ether oxygens (including phenoxy) is 2. The minimum atomic E-state index is -0.406. The molecule has 0 fully saturated rings. The number of esters is 2. The Hall–Kier alpha value is -2.16. The van der Waals surface area contributed by atoms with E-state index in [1.807, 2.05) is 12.1 Å². The highest BCUT2D eigenvalue weighted by molar-refractivity contribution is 8.03. The molecule has 114 valence electrons. The lowest BCUT2D eigenvalue weighted by molar-refractivity contribution is -0.138. The molecule has 0 unspecified atom stereocenters. The van der Waals surface area contributed by atoms with Gasteiger partial charge in [0.05, 0.1) is 36.9 Å². The van der Waals surface area contributed by atoms with Crippen LogP contribution in [0.4, 0.5) is 0 Å². The first kappa shape index (κ1) is 17.9. The van der Waals surface area contributed by atoms with E-state index in [0.29, 0.717) is 9.79 Å². The van der Waals surface area contributed by atoms with Gasteiger partial charge in [-0.3, -0.25) is 9.59 Å². The monoisotopic (exact) mass is 336 g/mol. The Morgan fingerprint density at radius 3 is 1.59 bits per heavy atom. The number of methoxy groups -OCH3 is 2. The van der Waals surface area contributed by atoms with E-state index < -0.39 is 11.9 Å². The number of carbonyl (C=O) groups is 2. The fraction of sp³-hybridized carbons (Fsp3) is 0.286. The van der Waals surface area contributed by atoms with Gasteiger partial charge in [0.15, 0.2) is 0 Å². The number of benzene rings is 1. The zero-order chi connectivity index (χ0) is 16.5. The number of hydrogen-bond acceptors (Lipinski definition) is 8. The molecule has 0 saturated heterocycles. The van der Waals surface area contributed by atoms with Crippen molar-refractivity contribution in [1.29, 1.82) is 10.5 Å². The predicted octanol–water partition coefficient (Wildman–Crippen LogP) is 1.96. The van der Waals surface area contributed by atoms with Crippen molar-refractivity contribution in [1.82, 2.24) is 0 Å². The highest BCUT2D eigenvalue weighted by Gasteiger charge is 2.14. The first-order valence-corrected chi connectivity index (χ1v) is 7.90. The van der Waals surface area contributed by atoms with Gasteiger partial charge >= 0.3 is 11.9 Å². The number of nitrogens with zero attached hydrogens (tertiary/aromatic N) is 2. The maximum absolute atomic E-state index is 11.2. The maximum atomic E-state index is 11.2. The standard InChI is InChI=1S/C14H12N2O4S2/c1-19-13(17)7-21-11-3-9(5-15)10(6-16)4-12(11)22-8-14(18)20-2/h3-4H,7-8H2,1-2H3. The summed E-state index contributed by atoms with van der Waals surface area (Å²) in [4.78, 5) is 23.8. The van der Waals surface area contributed by atoms with Crippen molar-refractivity contribution in [3.05, 3.63) is 23.3 Å². The Morgan fingerprint density at radius 1 is 0.955 bits per heavy atom. The van der Waals surface area contributed by atoms with Crippen LogP contribution >= 0.6 is 23.5 Å². The Kier molecular flexibility index (Phi) is 7.30. The Labute approximate surface area is 136 Å². The number of nitriles is 2. The number of rotatable bonds is 6. The Bertz CT molecular complexity index is 605. The van der Waals surface area contributed by atoms with Crippen LogP contribution in [0.15, 0.2) is 21.9 Å². The summed E-state index contributed by atoms with van der Waals surface area (Å²) in [5.41, 5.74) is 0.439. The molecule has 1 aromatic rings. The van der Waals surface area contributed by atoms with E-state index in [9.17, 15) is 9.59 Å². The minimum Gasteiger partial charge on any atom is -0.468 e. The second-order valence-electron chi connectivity index (χ2n) is 3.80. The van der Waals surface area contributed by atoms with Gasteiger partial charge in [0.1, 0.15) is 12.1 Å². The molecule has 22 heavy (non-hydrogen) atoms. The molecule has 0 radical (unpaired) electrons. The molecule has 8 heteroatoms. The van der Waals surface area contributed by atoms with Crippen molar-refractivity contribution in [2.75, 3.05) is 25.7 Å². The lowest BCUT2D eigenvalue weighted by Gasteiger charge is -2.09. The quantitative estimate of drug-likeness (QED) is 0.574. The van der Waals surface area contributed by atoms with Gasteiger partial charge in [-0.1, -0.05) is 0 Å². The highest BCUT2D eigenvalue weighted by atomic mass is 32.2. The Balaban J connectivity index is 3.08. The summed E-state index contributed by atoms with van der Waals surface area (Å²) < 4.78 is 9.14. The van der Waals surface area contributed by atoms with Gasteiger partial charge in [-0.2, -0.15) is 10.5 Å². The van der Waals surface area contributed by atoms with Crippen LogP contribution in [-0.4, -0.2) is 37.7 Å². The molecule has 0 aliphatic rings. The fourth-order valence-electron chi connectivity index (χ4n) is 1.36. The van der Waals surface area contributed by atoms with Crippen LogP contribution in [0.25, 0.3) is 0 Å². The van der Waals surface area contributed by atoms with Crippen molar-refractivity contribution >= 4 is 35.5 Å². The molecule has 0 saturated carbocycles. The molecule has 1 rings (SSSR count). The Morgan fingerprint density at radius 2 is 1.32 bits per heavy atom. The third kappa shape index (κ3) is 4.99. The van der Waals surface area contributed by atoms with Crippen molar-refractivity contribution in [2.24, 2.45) is 0 Å². The second kappa shape index (κ2) is 8.98. The molecule has 0 aromatic heterocycles. The highest BCUT2D eigenvalue weighted by Crippen LogP contribution is 2.33. The first-order valence-electron chi connectivity index (χ1n) is 5.93. The maximum Gasteiger partial charge on any atom is 0.315 e. The predicted molar refractivity (Wildman–Crippen MR) is 81.4 cm³/mol. The lowest BCUT2D eigenvalue weighted by Crippen LogP contribution is -2.05. The summed E-state index contributed by atoms with van der Waals surface area (Å²) in [5, 5.41) is 18.1. The van der Waals surface area contributed by atoms with E-state index in [-0.39, 0.29) is 22.6 Å². The SMILES string of the molecule is COC(=O)CSc1cc(C#N)c(C#N)cc1SCC(=O)OC. The topological polar surface area (TPSA) is 100 Å². The van der Waals surface area contributed by atoms with Crippen LogP contribution in [0.2, 0.25) is 0 Å². The van der Waals surface area contributed by atoms with Crippen LogP contribution in [-0.2, 0) is 19.1 Å². The molecular formula is C14H12N2O4S2. The molecule has 0 N–H and O–H groups in total. The van der Waals surface area contributed by atoms with Crippen molar-refractivity contribution in [2.45, 2.75) is 9.79 Å². The molecule has 6 nitrogen and oxygen atoms in total. The third-order valence-electron chi connectivity index (χ3n) is 2.47. The van der Waals surface area contributed by atoms with Crippen LogP contribution in [0.5, 0.6) is 0 Å². The summed E-state index contributed by atoms with van der Waals surface area (Å²) in [6.45, 7) is 0. The molecule has 0 bridgehead atoms. The second-order valence-corrected chi connectivity index (χ2v) is 5.83. The van der Waals surface area contributed by atoms with Crippen molar-refractivity contribution in [3.63, 3.8) is 0 Å². The normalized spacial score (nSPS) is 9.45. The summed E-state index contributed by atoms with van der Waals surface area (Å²) in [6.07, 6.45) is 0. The van der Waals surface area contributed by atoms with Gasteiger partial charge < -0.3 is 9.47 Å². The van der Waals surface area contributed by atoms with Crippen molar-refractivity contribution < 1.29 is 19.1 Å². The minimum absolute atomic E-state index is 0.0685. The fourth-order valence-corrected chi connectivity index (χ4v) is 3.30. The van der Waals surface area contributed by atoms with Gasteiger partial charge in [-0.05, 0) is 12.1 Å². The molecular weight excluding hydrogens is 324 g/mol. The van der Waals surface area contributed by atoms with E-state index in [2.05, 4.69) is 9.47 Å². The van der Waals surface area contributed by atoms with Crippen LogP contribution in [0.3, 0.4) is 0 Å². The van der Waals surface area contributed by atoms with E-state index >= 15 is 0 Å². The zero-order valence-electron chi connectivity index (χ0n) is 11.9. The average Bonchev–Trinajstić information content (AvgIpc) is 2.56. The van der Waals surface area contributed by atoms with Gasteiger partial charge in [-0.25, -0.2) is 0 Å². The summed E-state index contributed by atoms with van der Waals surface area (Å²) in [7, 11) is 2.57. The largest absolute Gasteiger partial charge is 0.468 e. The van der Waals surface area contributed by atoms with E-state index in [4.69, 9.17) is 10.5 Å². The smallest absolute Gasteiger partial charge is 0.315 e. The summed E-state index contributed by atoms with van der Waals surface area (Å²) in [5.74, 6) is -0.674.